The fourth-order valence-corrected chi connectivity index (χ4v) is 1.69. The average molecular weight is 186 g/mol. The highest BCUT2D eigenvalue weighted by atomic mass is 14.6. The fourth-order valence-electron chi connectivity index (χ4n) is 1.69. The van der Waals surface area contributed by atoms with Gasteiger partial charge in [0.15, 0.2) is 0 Å². The fraction of sp³-hybridized carbons (Fsp3) is 0.250. The highest BCUT2D eigenvalue weighted by molar-refractivity contribution is 5.84. The van der Waals surface area contributed by atoms with Gasteiger partial charge in [-0.05, 0) is 24.3 Å². The van der Waals surface area contributed by atoms with Crippen molar-refractivity contribution < 1.29 is 0 Å². The zero-order valence-corrected chi connectivity index (χ0v) is 8.27. The van der Waals surface area contributed by atoms with E-state index in [1.807, 2.05) is 31.5 Å². The summed E-state index contributed by atoms with van der Waals surface area (Å²) in [7, 11) is 0. The summed E-state index contributed by atoms with van der Waals surface area (Å²) in [6.07, 6.45) is 4.68. The van der Waals surface area contributed by atoms with E-state index in [0.717, 1.165) is 6.42 Å². The van der Waals surface area contributed by atoms with Crippen molar-refractivity contribution in [3.8, 4) is 0 Å². The number of benzene rings is 1. The molecule has 14 heavy (non-hydrogen) atoms. The van der Waals surface area contributed by atoms with Gasteiger partial charge in [0, 0.05) is 23.8 Å². The normalized spacial score (nSPS) is 13.0. The monoisotopic (exact) mass is 186 g/mol. The number of hydrogen-bond donors (Lipinski definition) is 1. The summed E-state index contributed by atoms with van der Waals surface area (Å²) in [6.45, 7) is 2.02. The molecule has 0 spiro atoms. The van der Waals surface area contributed by atoms with Gasteiger partial charge in [-0.15, -0.1) is 0 Å². The summed E-state index contributed by atoms with van der Waals surface area (Å²) in [5.41, 5.74) is 7.02. The van der Waals surface area contributed by atoms with E-state index in [0.29, 0.717) is 0 Å². The SMILES string of the molecule is CC(N)Cc1cncc2ccccc12. The molecule has 0 aliphatic heterocycles. The van der Waals surface area contributed by atoms with E-state index in [-0.39, 0.29) is 6.04 Å². The first-order valence-corrected chi connectivity index (χ1v) is 4.84. The molecule has 0 bridgehead atoms. The molecule has 1 heterocycles. The highest BCUT2D eigenvalue weighted by Gasteiger charge is 2.02. The average Bonchev–Trinajstić information content (AvgIpc) is 2.18. The van der Waals surface area contributed by atoms with Crippen molar-refractivity contribution in [1.29, 1.82) is 0 Å². The van der Waals surface area contributed by atoms with Gasteiger partial charge in [0.1, 0.15) is 0 Å². The van der Waals surface area contributed by atoms with Crippen LogP contribution in [-0.2, 0) is 6.42 Å². The number of pyridine rings is 1. The maximum absolute atomic E-state index is 5.79. The van der Waals surface area contributed by atoms with Gasteiger partial charge in [-0.25, -0.2) is 0 Å². The highest BCUT2D eigenvalue weighted by Crippen LogP contribution is 2.17. The van der Waals surface area contributed by atoms with E-state index in [1.54, 1.807) is 0 Å². The molecule has 0 saturated carbocycles. The number of hydrogen-bond acceptors (Lipinski definition) is 2. The predicted octanol–water partition coefficient (Wildman–Crippen LogP) is 2.12. The molecule has 0 amide bonds. The van der Waals surface area contributed by atoms with Crippen molar-refractivity contribution in [1.82, 2.24) is 4.98 Å². The van der Waals surface area contributed by atoms with Gasteiger partial charge in [0.2, 0.25) is 0 Å². The van der Waals surface area contributed by atoms with Crippen molar-refractivity contribution >= 4 is 10.8 Å². The molecule has 72 valence electrons. The standard InChI is InChI=1S/C12H14N2/c1-9(13)6-11-8-14-7-10-4-2-3-5-12(10)11/h2-5,7-9H,6,13H2,1H3. The van der Waals surface area contributed by atoms with Crippen LogP contribution in [0.25, 0.3) is 10.8 Å². The first-order valence-electron chi connectivity index (χ1n) is 4.84. The third kappa shape index (κ3) is 1.75. The van der Waals surface area contributed by atoms with Gasteiger partial charge < -0.3 is 5.73 Å². The lowest BCUT2D eigenvalue weighted by Gasteiger charge is -2.07. The molecule has 0 fully saturated rings. The Hall–Kier alpha value is -1.41. The van der Waals surface area contributed by atoms with E-state index in [2.05, 4.69) is 17.1 Å². The number of aromatic nitrogens is 1. The molecule has 0 aliphatic rings. The van der Waals surface area contributed by atoms with E-state index < -0.39 is 0 Å². The molecule has 2 aromatic rings. The smallest absolute Gasteiger partial charge is 0.0346 e. The minimum atomic E-state index is 0.183. The van der Waals surface area contributed by atoms with E-state index in [9.17, 15) is 0 Å². The van der Waals surface area contributed by atoms with E-state index in [1.165, 1.54) is 16.3 Å². The van der Waals surface area contributed by atoms with Gasteiger partial charge in [-0.2, -0.15) is 0 Å². The molecule has 0 aliphatic carbocycles. The minimum absolute atomic E-state index is 0.183. The summed E-state index contributed by atoms with van der Waals surface area (Å²) in [4.78, 5) is 4.21. The maximum atomic E-state index is 5.79. The summed E-state index contributed by atoms with van der Waals surface area (Å²) >= 11 is 0. The Bertz CT molecular complexity index is 430. The number of nitrogens with two attached hydrogens (primary N) is 1. The van der Waals surface area contributed by atoms with Crippen LogP contribution in [0.2, 0.25) is 0 Å². The second-order valence-corrected chi connectivity index (χ2v) is 3.70. The van der Waals surface area contributed by atoms with Crippen molar-refractivity contribution in [2.45, 2.75) is 19.4 Å². The summed E-state index contributed by atoms with van der Waals surface area (Å²) < 4.78 is 0. The molecule has 1 atom stereocenters. The Kier molecular flexibility index (Phi) is 2.46. The first-order chi connectivity index (χ1) is 6.77. The third-order valence-corrected chi connectivity index (χ3v) is 2.29. The van der Waals surface area contributed by atoms with Crippen molar-refractivity contribution in [3.05, 3.63) is 42.2 Å². The van der Waals surface area contributed by atoms with Gasteiger partial charge in [-0.1, -0.05) is 24.3 Å². The summed E-state index contributed by atoms with van der Waals surface area (Å²) in [5.74, 6) is 0. The molecule has 1 unspecified atom stereocenters. The minimum Gasteiger partial charge on any atom is -0.328 e. The maximum Gasteiger partial charge on any atom is 0.0346 e. The lowest BCUT2D eigenvalue weighted by molar-refractivity contribution is 0.739. The topological polar surface area (TPSA) is 38.9 Å². The van der Waals surface area contributed by atoms with Crippen LogP contribution in [0.1, 0.15) is 12.5 Å². The van der Waals surface area contributed by atoms with Gasteiger partial charge in [0.05, 0.1) is 0 Å². The van der Waals surface area contributed by atoms with Gasteiger partial charge in [0.25, 0.3) is 0 Å². The van der Waals surface area contributed by atoms with Crippen molar-refractivity contribution in [3.63, 3.8) is 0 Å². The lowest BCUT2D eigenvalue weighted by atomic mass is 10.0. The zero-order chi connectivity index (χ0) is 9.97. The second kappa shape index (κ2) is 3.76. The van der Waals surface area contributed by atoms with Crippen LogP contribution in [0.15, 0.2) is 36.7 Å². The number of fused-ring (bicyclic) bond motifs is 1. The molecule has 2 N–H and O–H groups in total. The predicted molar refractivity (Wildman–Crippen MR) is 59.1 cm³/mol. The molecular weight excluding hydrogens is 172 g/mol. The Labute approximate surface area is 83.8 Å². The summed E-state index contributed by atoms with van der Waals surface area (Å²) in [5, 5.41) is 2.45. The quantitative estimate of drug-likeness (QED) is 0.780. The number of nitrogens with zero attached hydrogens (tertiary/aromatic N) is 1. The third-order valence-electron chi connectivity index (χ3n) is 2.29. The lowest BCUT2D eigenvalue weighted by Crippen LogP contribution is -2.18. The van der Waals surface area contributed by atoms with Gasteiger partial charge >= 0.3 is 0 Å². The molecule has 1 aromatic heterocycles. The first kappa shape index (κ1) is 9.16. The molecule has 0 saturated heterocycles. The summed E-state index contributed by atoms with van der Waals surface area (Å²) in [6, 6.07) is 8.46. The van der Waals surface area contributed by atoms with Crippen molar-refractivity contribution in [2.24, 2.45) is 5.73 Å². The Morgan fingerprint density at radius 1 is 1.29 bits per heavy atom. The molecule has 2 heteroatoms. The Balaban J connectivity index is 2.53. The zero-order valence-electron chi connectivity index (χ0n) is 8.27. The van der Waals surface area contributed by atoms with Crippen LogP contribution >= 0.6 is 0 Å². The Morgan fingerprint density at radius 3 is 2.86 bits per heavy atom. The van der Waals surface area contributed by atoms with Gasteiger partial charge in [-0.3, -0.25) is 4.98 Å². The molecule has 2 nitrogen and oxygen atoms in total. The van der Waals surface area contributed by atoms with Crippen LogP contribution < -0.4 is 5.73 Å². The van der Waals surface area contributed by atoms with Crippen LogP contribution in [0.4, 0.5) is 0 Å². The second-order valence-electron chi connectivity index (χ2n) is 3.70. The van der Waals surface area contributed by atoms with Crippen LogP contribution in [0.3, 0.4) is 0 Å². The van der Waals surface area contributed by atoms with E-state index in [4.69, 9.17) is 5.73 Å². The van der Waals surface area contributed by atoms with Crippen LogP contribution in [0, 0.1) is 0 Å². The molecule has 0 radical (unpaired) electrons. The van der Waals surface area contributed by atoms with Crippen LogP contribution in [0.5, 0.6) is 0 Å². The Morgan fingerprint density at radius 2 is 2.07 bits per heavy atom. The molecule has 1 aromatic carbocycles. The van der Waals surface area contributed by atoms with Crippen LogP contribution in [-0.4, -0.2) is 11.0 Å². The van der Waals surface area contributed by atoms with Crippen molar-refractivity contribution in [2.75, 3.05) is 0 Å². The molecular formula is C12H14N2. The van der Waals surface area contributed by atoms with E-state index >= 15 is 0 Å². The largest absolute Gasteiger partial charge is 0.328 e. The molecule has 2 rings (SSSR count). The number of rotatable bonds is 2.